The van der Waals surface area contributed by atoms with Gasteiger partial charge in [0.2, 0.25) is 0 Å². The Kier molecular flexibility index (Phi) is 6.26. The van der Waals surface area contributed by atoms with Crippen molar-refractivity contribution >= 4 is 5.78 Å². The molecule has 138 valence electrons. The molecule has 1 heterocycles. The first-order chi connectivity index (χ1) is 12.7. The van der Waals surface area contributed by atoms with Crippen LogP contribution in [-0.2, 0) is 6.54 Å². The molecular formula is C21H26N2O3. The zero-order valence-corrected chi connectivity index (χ0v) is 15.5. The lowest BCUT2D eigenvalue weighted by atomic mass is 10.1. The van der Waals surface area contributed by atoms with Gasteiger partial charge in [-0.2, -0.15) is 0 Å². The molecule has 0 N–H and O–H groups in total. The van der Waals surface area contributed by atoms with E-state index in [0.717, 1.165) is 55.3 Å². The number of carbonyl (C=O) groups excluding carboxylic acids is 1. The Morgan fingerprint density at radius 1 is 0.923 bits per heavy atom. The molecule has 0 amide bonds. The average Bonchev–Trinajstić information content (AvgIpc) is 2.70. The number of benzene rings is 2. The van der Waals surface area contributed by atoms with Crippen LogP contribution in [0.4, 0.5) is 0 Å². The molecule has 1 aliphatic rings. The maximum Gasteiger partial charge on any atom is 0.176 e. The van der Waals surface area contributed by atoms with E-state index >= 15 is 0 Å². The summed E-state index contributed by atoms with van der Waals surface area (Å²) in [5.74, 6) is 1.91. The van der Waals surface area contributed by atoms with Gasteiger partial charge in [0.05, 0.1) is 20.8 Å². The van der Waals surface area contributed by atoms with Gasteiger partial charge in [-0.25, -0.2) is 0 Å². The van der Waals surface area contributed by atoms with Gasteiger partial charge in [-0.15, -0.1) is 0 Å². The van der Waals surface area contributed by atoms with Gasteiger partial charge >= 0.3 is 0 Å². The molecule has 5 nitrogen and oxygen atoms in total. The predicted octanol–water partition coefficient (Wildman–Crippen LogP) is 2.70. The van der Waals surface area contributed by atoms with Gasteiger partial charge in [0.15, 0.2) is 5.78 Å². The number of Topliss-reactive ketones (excluding diaryl/α,β-unsaturated/α-hetero) is 1. The summed E-state index contributed by atoms with van der Waals surface area (Å²) >= 11 is 0. The molecule has 0 bridgehead atoms. The standard InChI is InChI=1S/C21H26N2O3/c1-25-19-8-9-21(26-2)18(14-19)15-22-10-12-23(13-11-22)16-20(24)17-6-4-3-5-7-17/h3-9,14H,10-13,15-16H2,1-2H3. The maximum atomic E-state index is 12.4. The summed E-state index contributed by atoms with van der Waals surface area (Å²) < 4.78 is 10.8. The predicted molar refractivity (Wildman–Crippen MR) is 102 cm³/mol. The SMILES string of the molecule is COc1ccc(OC)c(CN2CCN(CC(=O)c3ccccc3)CC2)c1. The van der Waals surface area contributed by atoms with Crippen LogP contribution in [0.25, 0.3) is 0 Å². The molecule has 0 unspecified atom stereocenters. The molecule has 1 fully saturated rings. The van der Waals surface area contributed by atoms with Gasteiger partial charge in [-0.3, -0.25) is 14.6 Å². The third-order valence-corrected chi connectivity index (χ3v) is 4.81. The second-order valence-electron chi connectivity index (χ2n) is 6.52. The fourth-order valence-electron chi connectivity index (χ4n) is 3.27. The third-order valence-electron chi connectivity index (χ3n) is 4.81. The fourth-order valence-corrected chi connectivity index (χ4v) is 3.27. The molecule has 2 aromatic carbocycles. The van der Waals surface area contributed by atoms with Gasteiger partial charge in [0.25, 0.3) is 0 Å². The van der Waals surface area contributed by atoms with Crippen molar-refractivity contribution in [3.8, 4) is 11.5 Å². The highest BCUT2D eigenvalue weighted by atomic mass is 16.5. The number of hydrogen-bond acceptors (Lipinski definition) is 5. The summed E-state index contributed by atoms with van der Waals surface area (Å²) in [5, 5.41) is 0. The van der Waals surface area contributed by atoms with Gasteiger partial charge in [0.1, 0.15) is 11.5 Å². The highest BCUT2D eigenvalue weighted by Gasteiger charge is 2.20. The summed E-state index contributed by atoms with van der Waals surface area (Å²) in [7, 11) is 3.37. The molecular weight excluding hydrogens is 328 g/mol. The maximum absolute atomic E-state index is 12.4. The fraction of sp³-hybridized carbons (Fsp3) is 0.381. The van der Waals surface area contributed by atoms with Crippen LogP contribution in [0.5, 0.6) is 11.5 Å². The minimum absolute atomic E-state index is 0.188. The minimum atomic E-state index is 0.188. The quantitative estimate of drug-likeness (QED) is 0.715. The van der Waals surface area contributed by atoms with Crippen LogP contribution < -0.4 is 9.47 Å². The second-order valence-corrected chi connectivity index (χ2v) is 6.52. The third kappa shape index (κ3) is 4.62. The minimum Gasteiger partial charge on any atom is -0.497 e. The Labute approximate surface area is 155 Å². The Hall–Kier alpha value is -2.37. The molecule has 0 aromatic heterocycles. The number of piperazine rings is 1. The largest absolute Gasteiger partial charge is 0.497 e. The van der Waals surface area contributed by atoms with Crippen molar-refractivity contribution in [1.82, 2.24) is 9.80 Å². The number of nitrogens with zero attached hydrogens (tertiary/aromatic N) is 2. The van der Waals surface area contributed by atoms with Crippen LogP contribution in [0.3, 0.4) is 0 Å². The molecule has 0 radical (unpaired) electrons. The first kappa shape index (κ1) is 18.4. The van der Waals surface area contributed by atoms with Crippen LogP contribution in [-0.4, -0.2) is 62.5 Å². The van der Waals surface area contributed by atoms with E-state index < -0.39 is 0 Å². The summed E-state index contributed by atoms with van der Waals surface area (Å²) in [6.45, 7) is 4.96. The lowest BCUT2D eigenvalue weighted by Crippen LogP contribution is -2.47. The number of hydrogen-bond donors (Lipinski definition) is 0. The van der Waals surface area contributed by atoms with Crippen molar-refractivity contribution in [3.63, 3.8) is 0 Å². The first-order valence-electron chi connectivity index (χ1n) is 8.93. The van der Waals surface area contributed by atoms with Gasteiger partial charge in [0, 0.05) is 43.9 Å². The molecule has 26 heavy (non-hydrogen) atoms. The van der Waals surface area contributed by atoms with Gasteiger partial charge in [-0.1, -0.05) is 30.3 Å². The molecule has 1 aliphatic heterocycles. The highest BCUT2D eigenvalue weighted by molar-refractivity contribution is 5.97. The molecule has 0 saturated carbocycles. The van der Waals surface area contributed by atoms with E-state index in [9.17, 15) is 4.79 Å². The Bertz CT molecular complexity index is 725. The van der Waals surface area contributed by atoms with Crippen LogP contribution in [0.1, 0.15) is 15.9 Å². The van der Waals surface area contributed by atoms with E-state index in [1.807, 2.05) is 48.5 Å². The molecule has 3 rings (SSSR count). The van der Waals surface area contributed by atoms with Crippen molar-refractivity contribution < 1.29 is 14.3 Å². The second kappa shape index (κ2) is 8.83. The van der Waals surface area contributed by atoms with Gasteiger partial charge in [-0.05, 0) is 18.2 Å². The van der Waals surface area contributed by atoms with Crippen molar-refractivity contribution in [2.45, 2.75) is 6.54 Å². The van der Waals surface area contributed by atoms with E-state index in [1.165, 1.54) is 0 Å². The van der Waals surface area contributed by atoms with E-state index in [2.05, 4.69) is 9.80 Å². The normalized spacial score (nSPS) is 15.6. The smallest absolute Gasteiger partial charge is 0.176 e. The van der Waals surface area contributed by atoms with Gasteiger partial charge < -0.3 is 9.47 Å². The summed E-state index contributed by atoms with van der Waals surface area (Å²) in [5.41, 5.74) is 1.91. The molecule has 2 aromatic rings. The number of carbonyl (C=O) groups is 1. The van der Waals surface area contributed by atoms with Crippen LogP contribution >= 0.6 is 0 Å². The zero-order chi connectivity index (χ0) is 18.4. The molecule has 5 heteroatoms. The molecule has 0 atom stereocenters. The lowest BCUT2D eigenvalue weighted by molar-refractivity contribution is 0.0842. The Morgan fingerprint density at radius 3 is 2.27 bits per heavy atom. The molecule has 0 spiro atoms. The van der Waals surface area contributed by atoms with E-state index in [4.69, 9.17) is 9.47 Å². The average molecular weight is 354 g/mol. The van der Waals surface area contributed by atoms with E-state index in [0.29, 0.717) is 6.54 Å². The zero-order valence-electron chi connectivity index (χ0n) is 15.5. The van der Waals surface area contributed by atoms with Crippen molar-refractivity contribution in [2.24, 2.45) is 0 Å². The Morgan fingerprint density at radius 2 is 1.62 bits per heavy atom. The van der Waals surface area contributed by atoms with Crippen molar-refractivity contribution in [1.29, 1.82) is 0 Å². The van der Waals surface area contributed by atoms with Crippen molar-refractivity contribution in [3.05, 3.63) is 59.7 Å². The van der Waals surface area contributed by atoms with Crippen LogP contribution in [0, 0.1) is 0 Å². The summed E-state index contributed by atoms with van der Waals surface area (Å²) in [6.07, 6.45) is 0. The topological polar surface area (TPSA) is 42.0 Å². The molecule has 1 saturated heterocycles. The highest BCUT2D eigenvalue weighted by Crippen LogP contribution is 2.25. The van der Waals surface area contributed by atoms with E-state index in [-0.39, 0.29) is 5.78 Å². The van der Waals surface area contributed by atoms with Crippen LogP contribution in [0.2, 0.25) is 0 Å². The Balaban J connectivity index is 1.53. The molecule has 0 aliphatic carbocycles. The number of methoxy groups -OCH3 is 2. The summed E-state index contributed by atoms with van der Waals surface area (Å²) in [4.78, 5) is 17.0. The van der Waals surface area contributed by atoms with Crippen molar-refractivity contribution in [2.75, 3.05) is 46.9 Å². The number of ketones is 1. The monoisotopic (exact) mass is 354 g/mol. The summed E-state index contributed by atoms with van der Waals surface area (Å²) in [6, 6.07) is 15.4. The number of ether oxygens (including phenoxy) is 2. The first-order valence-corrected chi connectivity index (χ1v) is 8.93. The number of rotatable bonds is 7. The lowest BCUT2D eigenvalue weighted by Gasteiger charge is -2.34. The van der Waals surface area contributed by atoms with E-state index in [1.54, 1.807) is 14.2 Å². The van der Waals surface area contributed by atoms with Crippen LogP contribution in [0.15, 0.2) is 48.5 Å².